The van der Waals surface area contributed by atoms with Gasteiger partial charge in [0.25, 0.3) is 0 Å². The second-order valence-corrected chi connectivity index (χ2v) is 6.87. The minimum Gasteiger partial charge on any atom is -0.385 e. The van der Waals surface area contributed by atoms with Crippen molar-refractivity contribution in [3.8, 4) is 11.4 Å². The molecule has 0 aliphatic carbocycles. The van der Waals surface area contributed by atoms with Crippen molar-refractivity contribution in [1.29, 1.82) is 0 Å². The fraction of sp³-hybridized carbons (Fsp3) is 0. The van der Waals surface area contributed by atoms with Crippen molar-refractivity contribution >= 4 is 55.2 Å². The average molecular weight is 340 g/mol. The molecule has 2 aromatic carbocycles. The highest BCUT2D eigenvalue weighted by Crippen LogP contribution is 2.31. The molecule has 0 atom stereocenters. The smallest absolute Gasteiger partial charge is 0.101 e. The van der Waals surface area contributed by atoms with Crippen molar-refractivity contribution in [2.24, 2.45) is 0 Å². The molecule has 6 rings (SSSR count). The molecule has 0 spiro atoms. The third kappa shape index (κ3) is 1.81. The number of nitrogen functional groups attached to an aromatic ring is 2. The Labute approximate surface area is 147 Å². The summed E-state index contributed by atoms with van der Waals surface area (Å²) in [6.45, 7) is 0. The Morgan fingerprint density at radius 1 is 0.423 bits per heavy atom. The average Bonchev–Trinajstić information content (AvgIpc) is 3.31. The number of aromatic amines is 4. The number of nitrogens with two attached hydrogens (primary N) is 2. The van der Waals surface area contributed by atoms with E-state index >= 15 is 0 Å². The number of nitrogens with one attached hydrogen (secondary N) is 4. The zero-order chi connectivity index (χ0) is 17.4. The standard InChI is InChI=1S/C20H16N6/c21-19-7-11-3-13-9(1-15(11)25-19)5-17(23-13)18-6-10-2-16-12(4-14(10)24-18)8-20(22)26-16/h1-8,23-26H,21-22H2. The Morgan fingerprint density at radius 2 is 0.769 bits per heavy atom. The maximum Gasteiger partial charge on any atom is 0.101 e. The molecule has 126 valence electrons. The number of fused-ring (bicyclic) bond motifs is 4. The molecule has 0 saturated carbocycles. The van der Waals surface area contributed by atoms with Gasteiger partial charge in [0.15, 0.2) is 0 Å². The molecule has 6 nitrogen and oxygen atoms in total. The van der Waals surface area contributed by atoms with Crippen LogP contribution in [0.2, 0.25) is 0 Å². The lowest BCUT2D eigenvalue weighted by Crippen LogP contribution is -1.80. The van der Waals surface area contributed by atoms with E-state index in [0.29, 0.717) is 11.6 Å². The van der Waals surface area contributed by atoms with Crippen LogP contribution in [0.25, 0.3) is 55.0 Å². The minimum atomic E-state index is 0.680. The first-order chi connectivity index (χ1) is 12.6. The van der Waals surface area contributed by atoms with Gasteiger partial charge < -0.3 is 31.4 Å². The van der Waals surface area contributed by atoms with Crippen LogP contribution in [0.5, 0.6) is 0 Å². The van der Waals surface area contributed by atoms with E-state index in [4.69, 9.17) is 11.5 Å². The lowest BCUT2D eigenvalue weighted by atomic mass is 10.2. The Balaban J connectivity index is 1.54. The van der Waals surface area contributed by atoms with E-state index in [9.17, 15) is 0 Å². The number of rotatable bonds is 1. The molecule has 0 amide bonds. The highest BCUT2D eigenvalue weighted by Gasteiger charge is 2.10. The summed E-state index contributed by atoms with van der Waals surface area (Å²) in [5.41, 5.74) is 18.1. The van der Waals surface area contributed by atoms with Gasteiger partial charge >= 0.3 is 0 Å². The van der Waals surface area contributed by atoms with Gasteiger partial charge in [-0.3, -0.25) is 0 Å². The quantitative estimate of drug-likeness (QED) is 0.265. The number of H-pyrrole nitrogens is 4. The van der Waals surface area contributed by atoms with Crippen LogP contribution in [0.3, 0.4) is 0 Å². The Hall–Kier alpha value is -3.80. The molecule has 0 aliphatic rings. The van der Waals surface area contributed by atoms with Crippen LogP contribution < -0.4 is 11.5 Å². The molecular formula is C20H16N6. The minimum absolute atomic E-state index is 0.680. The van der Waals surface area contributed by atoms with Gasteiger partial charge in [0, 0.05) is 43.6 Å². The second kappa shape index (κ2) is 4.43. The highest BCUT2D eigenvalue weighted by atomic mass is 14.9. The second-order valence-electron chi connectivity index (χ2n) is 6.87. The number of anilines is 2. The normalized spacial score (nSPS) is 12.2. The van der Waals surface area contributed by atoms with Gasteiger partial charge in [0.1, 0.15) is 11.6 Å². The van der Waals surface area contributed by atoms with Gasteiger partial charge in [0.05, 0.1) is 11.4 Å². The van der Waals surface area contributed by atoms with E-state index in [1.165, 1.54) is 0 Å². The summed E-state index contributed by atoms with van der Waals surface area (Å²) in [6, 6.07) is 16.7. The van der Waals surface area contributed by atoms with Crippen LogP contribution in [0, 0.1) is 0 Å². The third-order valence-corrected chi connectivity index (χ3v) is 5.05. The van der Waals surface area contributed by atoms with Crippen LogP contribution in [0.1, 0.15) is 0 Å². The Morgan fingerprint density at radius 3 is 1.19 bits per heavy atom. The van der Waals surface area contributed by atoms with Crippen LogP contribution in [-0.2, 0) is 0 Å². The lowest BCUT2D eigenvalue weighted by Gasteiger charge is -1.92. The first kappa shape index (κ1) is 13.5. The maximum atomic E-state index is 5.85. The number of hydrogen-bond donors (Lipinski definition) is 6. The van der Waals surface area contributed by atoms with Crippen molar-refractivity contribution < 1.29 is 0 Å². The monoisotopic (exact) mass is 340 g/mol. The summed E-state index contributed by atoms with van der Waals surface area (Å²) >= 11 is 0. The summed E-state index contributed by atoms with van der Waals surface area (Å²) in [6.07, 6.45) is 0. The summed E-state index contributed by atoms with van der Waals surface area (Å²) in [7, 11) is 0. The van der Waals surface area contributed by atoms with E-state index < -0.39 is 0 Å². The summed E-state index contributed by atoms with van der Waals surface area (Å²) in [5.74, 6) is 1.36. The van der Waals surface area contributed by atoms with Crippen molar-refractivity contribution in [1.82, 2.24) is 19.9 Å². The first-order valence-electron chi connectivity index (χ1n) is 8.45. The summed E-state index contributed by atoms with van der Waals surface area (Å²) < 4.78 is 0. The van der Waals surface area contributed by atoms with Gasteiger partial charge in [-0.15, -0.1) is 0 Å². The van der Waals surface area contributed by atoms with E-state index in [2.05, 4.69) is 56.3 Å². The Bertz CT molecular complexity index is 1240. The molecule has 0 bridgehead atoms. The van der Waals surface area contributed by atoms with Crippen LogP contribution in [0.4, 0.5) is 11.6 Å². The number of hydrogen-bond acceptors (Lipinski definition) is 2. The van der Waals surface area contributed by atoms with Crippen molar-refractivity contribution in [2.75, 3.05) is 11.5 Å². The van der Waals surface area contributed by atoms with Gasteiger partial charge in [-0.1, -0.05) is 0 Å². The molecule has 0 radical (unpaired) electrons. The van der Waals surface area contributed by atoms with Crippen LogP contribution >= 0.6 is 0 Å². The van der Waals surface area contributed by atoms with Gasteiger partial charge in [-0.05, 0) is 48.5 Å². The van der Waals surface area contributed by atoms with E-state index in [0.717, 1.165) is 55.0 Å². The molecule has 6 aromatic rings. The topological polar surface area (TPSA) is 115 Å². The SMILES string of the molecule is Nc1cc2cc3[nH]c(-c4cc5cc6[nH]c(N)cc6cc5[nH]4)cc3cc2[nH]1. The first-order valence-corrected chi connectivity index (χ1v) is 8.45. The lowest BCUT2D eigenvalue weighted by molar-refractivity contribution is 1.38. The molecule has 4 heterocycles. The van der Waals surface area contributed by atoms with Crippen molar-refractivity contribution in [3.63, 3.8) is 0 Å². The molecule has 8 N–H and O–H groups in total. The van der Waals surface area contributed by atoms with E-state index in [1.807, 2.05) is 12.1 Å². The largest absolute Gasteiger partial charge is 0.385 e. The molecule has 4 aromatic heterocycles. The third-order valence-electron chi connectivity index (χ3n) is 5.05. The fourth-order valence-electron chi connectivity index (χ4n) is 3.86. The zero-order valence-corrected chi connectivity index (χ0v) is 13.8. The fourth-order valence-corrected chi connectivity index (χ4v) is 3.86. The van der Waals surface area contributed by atoms with E-state index in [-0.39, 0.29) is 0 Å². The molecule has 0 saturated heterocycles. The van der Waals surface area contributed by atoms with Gasteiger partial charge in [-0.25, -0.2) is 0 Å². The zero-order valence-electron chi connectivity index (χ0n) is 13.8. The number of aromatic nitrogens is 4. The highest BCUT2D eigenvalue weighted by molar-refractivity contribution is 6.01. The molecule has 0 fully saturated rings. The molecular weight excluding hydrogens is 324 g/mol. The summed E-state index contributed by atoms with van der Waals surface area (Å²) in [5, 5.41) is 4.50. The predicted molar refractivity (Wildman–Crippen MR) is 108 cm³/mol. The Kier molecular flexibility index (Phi) is 2.30. The van der Waals surface area contributed by atoms with Crippen LogP contribution in [-0.4, -0.2) is 19.9 Å². The van der Waals surface area contributed by atoms with E-state index in [1.54, 1.807) is 0 Å². The molecule has 0 unspecified atom stereocenters. The van der Waals surface area contributed by atoms with Crippen molar-refractivity contribution in [2.45, 2.75) is 0 Å². The molecule has 6 heteroatoms. The number of benzene rings is 2. The van der Waals surface area contributed by atoms with Crippen molar-refractivity contribution in [3.05, 3.63) is 48.5 Å². The van der Waals surface area contributed by atoms with Gasteiger partial charge in [0.2, 0.25) is 0 Å². The summed E-state index contributed by atoms with van der Waals surface area (Å²) in [4.78, 5) is 13.4. The molecule has 0 aliphatic heterocycles. The molecule has 26 heavy (non-hydrogen) atoms. The predicted octanol–water partition coefficient (Wildman–Crippen LogP) is 4.44. The van der Waals surface area contributed by atoms with Gasteiger partial charge in [-0.2, -0.15) is 0 Å². The maximum absolute atomic E-state index is 5.85. The van der Waals surface area contributed by atoms with Crippen LogP contribution in [0.15, 0.2) is 48.5 Å².